The number of alkyl halides is 3. The van der Waals surface area contributed by atoms with E-state index in [1.807, 2.05) is 0 Å². The summed E-state index contributed by atoms with van der Waals surface area (Å²) in [5.74, 6) is -2.27. The van der Waals surface area contributed by atoms with E-state index < -0.39 is 36.2 Å². The van der Waals surface area contributed by atoms with Crippen LogP contribution in [0.25, 0.3) is 0 Å². The van der Waals surface area contributed by atoms with Crippen molar-refractivity contribution in [3.05, 3.63) is 0 Å². The lowest BCUT2D eigenvalue weighted by molar-refractivity contribution is -0.169. The summed E-state index contributed by atoms with van der Waals surface area (Å²) >= 11 is 0. The second-order valence-electron chi connectivity index (χ2n) is 7.02. The van der Waals surface area contributed by atoms with Crippen LogP contribution < -0.4 is 0 Å². The van der Waals surface area contributed by atoms with Crippen LogP contribution in [0.5, 0.6) is 0 Å². The van der Waals surface area contributed by atoms with Crippen molar-refractivity contribution in [2.45, 2.75) is 76.5 Å². The molecule has 0 saturated carbocycles. The summed E-state index contributed by atoms with van der Waals surface area (Å²) in [6.45, 7) is 12.8. The molecule has 0 spiro atoms. The van der Waals surface area contributed by atoms with Gasteiger partial charge in [0.05, 0.1) is 0 Å². The Morgan fingerprint density at radius 3 is 2.17 bits per heavy atom. The van der Waals surface area contributed by atoms with Gasteiger partial charge in [-0.3, -0.25) is 9.00 Å². The van der Waals surface area contributed by atoms with Crippen LogP contribution in [0, 0.1) is 0 Å². The molecule has 9 heteroatoms. The maximum atomic E-state index is 12.1. The predicted octanol–water partition coefficient (Wildman–Crippen LogP) is 4.32. The average molecular weight is 376 g/mol. The Balaban J connectivity index is 4.56. The van der Waals surface area contributed by atoms with Crippen molar-refractivity contribution in [2.24, 2.45) is 4.36 Å². The van der Waals surface area contributed by atoms with Gasteiger partial charge in [0.1, 0.15) is 0 Å². The Labute approximate surface area is 139 Å². The van der Waals surface area contributed by atoms with E-state index >= 15 is 0 Å². The lowest BCUT2D eigenvalue weighted by atomic mass is 10.2. The number of hydrogen-bond acceptors (Lipinski definition) is 3. The van der Waals surface area contributed by atoms with Gasteiger partial charge in [0.15, 0.2) is 8.32 Å². The zero-order valence-electron chi connectivity index (χ0n) is 14.7. The largest absolute Gasteiger partial charge is 0.474 e. The van der Waals surface area contributed by atoms with Crippen LogP contribution in [0.15, 0.2) is 4.36 Å². The van der Waals surface area contributed by atoms with E-state index in [9.17, 15) is 22.2 Å². The van der Waals surface area contributed by atoms with Crippen LogP contribution in [0.1, 0.15) is 47.0 Å². The Hall–Kier alpha value is -0.413. The molecule has 1 amide bonds. The van der Waals surface area contributed by atoms with Gasteiger partial charge in [-0.1, -0.05) is 27.7 Å². The van der Waals surface area contributed by atoms with Crippen molar-refractivity contribution in [1.29, 1.82) is 0 Å². The summed E-state index contributed by atoms with van der Waals surface area (Å²) in [4.78, 5) is 10.8. The van der Waals surface area contributed by atoms with Crippen LogP contribution >= 0.6 is 0 Å². The maximum absolute atomic E-state index is 12.1. The number of rotatable bonds is 7. The van der Waals surface area contributed by atoms with E-state index in [2.05, 4.69) is 38.2 Å². The quantitative estimate of drug-likeness (QED) is 0.410. The van der Waals surface area contributed by atoms with Crippen LogP contribution in [0.3, 0.4) is 0 Å². The predicted molar refractivity (Wildman–Crippen MR) is 89.5 cm³/mol. The monoisotopic (exact) mass is 375 g/mol. The standard InChI is InChI=1S/C14H28F3NO3SSi/c1-7-11(22(20)18-12(19)14(15,16)17)9-8-10-21-23(5,6)13(2,3)4/h11,22H,7-10H2,1-6H3. The zero-order valence-corrected chi connectivity index (χ0v) is 16.6. The Kier molecular flexibility index (Phi) is 8.46. The molecule has 0 radical (unpaired) electrons. The normalized spacial score (nSPS) is 16.4. The first-order valence-electron chi connectivity index (χ1n) is 7.65. The number of nitrogens with zero attached hydrogens (tertiary/aromatic N) is 1. The summed E-state index contributed by atoms with van der Waals surface area (Å²) in [7, 11) is -4.42. The summed E-state index contributed by atoms with van der Waals surface area (Å²) in [5.41, 5.74) is 0. The molecule has 0 fully saturated rings. The van der Waals surface area contributed by atoms with Crippen molar-refractivity contribution >= 4 is 24.8 Å². The second-order valence-corrected chi connectivity index (χ2v) is 13.4. The first-order valence-corrected chi connectivity index (χ1v) is 11.8. The number of carbonyl (C=O) groups is 1. The first-order chi connectivity index (χ1) is 10.2. The minimum Gasteiger partial charge on any atom is -0.417 e. The van der Waals surface area contributed by atoms with Crippen LogP contribution in [0.2, 0.25) is 18.1 Å². The van der Waals surface area contributed by atoms with Gasteiger partial charge in [-0.25, -0.2) is 0 Å². The van der Waals surface area contributed by atoms with Crippen molar-refractivity contribution in [1.82, 2.24) is 0 Å². The molecular weight excluding hydrogens is 347 g/mol. The first kappa shape index (κ1) is 22.6. The molecule has 0 aromatic rings. The zero-order chi connectivity index (χ0) is 18.5. The van der Waals surface area contributed by atoms with Gasteiger partial charge in [-0.05, 0) is 37.4 Å². The third kappa shape index (κ3) is 7.80. The molecule has 0 saturated heterocycles. The number of thiol groups is 1. The molecule has 2 atom stereocenters. The summed E-state index contributed by atoms with van der Waals surface area (Å²) in [5, 5.41) is -0.448. The molecule has 138 valence electrons. The SMILES string of the molecule is CCC(CCCO[Si](C)(C)C(C)(C)C)/[SH](=O)=N/C(=O)C(F)(F)F. The fourth-order valence-corrected chi connectivity index (χ4v) is 3.82. The number of carbonyl (C=O) groups excluding carboxylic acids is 1. The molecule has 0 aliphatic carbocycles. The van der Waals surface area contributed by atoms with E-state index in [1.165, 1.54) is 0 Å². The second kappa shape index (κ2) is 8.62. The summed E-state index contributed by atoms with van der Waals surface area (Å²) in [6, 6.07) is 0. The van der Waals surface area contributed by atoms with E-state index in [1.54, 1.807) is 6.92 Å². The van der Waals surface area contributed by atoms with E-state index in [4.69, 9.17) is 4.43 Å². The molecule has 0 rings (SSSR count). The van der Waals surface area contributed by atoms with Crippen LogP contribution in [-0.2, 0) is 19.8 Å². The van der Waals surface area contributed by atoms with E-state index in [0.717, 1.165) is 0 Å². The minimum atomic E-state index is -5.06. The topological polar surface area (TPSA) is 55.7 Å². The molecule has 0 N–H and O–H groups in total. The summed E-state index contributed by atoms with van der Waals surface area (Å²) in [6.07, 6.45) is -3.64. The van der Waals surface area contributed by atoms with Gasteiger partial charge in [-0.2, -0.15) is 17.5 Å². The van der Waals surface area contributed by atoms with Crippen molar-refractivity contribution in [3.8, 4) is 0 Å². The molecule has 4 nitrogen and oxygen atoms in total. The molecule has 0 heterocycles. The van der Waals surface area contributed by atoms with Crippen molar-refractivity contribution in [3.63, 3.8) is 0 Å². The van der Waals surface area contributed by atoms with Crippen molar-refractivity contribution in [2.75, 3.05) is 6.61 Å². The molecule has 0 aliphatic heterocycles. The Morgan fingerprint density at radius 1 is 1.26 bits per heavy atom. The fourth-order valence-electron chi connectivity index (χ4n) is 1.56. The van der Waals surface area contributed by atoms with Gasteiger partial charge in [0.2, 0.25) is 0 Å². The molecular formula is C14H28F3NO3SSi. The maximum Gasteiger partial charge on any atom is 0.474 e. The average Bonchev–Trinajstić information content (AvgIpc) is 2.35. The molecule has 0 aliphatic rings. The van der Waals surface area contributed by atoms with Gasteiger partial charge < -0.3 is 4.43 Å². The molecule has 0 aromatic carbocycles. The highest BCUT2D eigenvalue weighted by Crippen LogP contribution is 2.36. The Bertz CT molecular complexity index is 481. The lowest BCUT2D eigenvalue weighted by Gasteiger charge is -2.36. The molecule has 23 heavy (non-hydrogen) atoms. The molecule has 0 bridgehead atoms. The Morgan fingerprint density at radius 2 is 1.78 bits per heavy atom. The molecule has 2 unspecified atom stereocenters. The van der Waals surface area contributed by atoms with E-state index in [0.29, 0.717) is 25.9 Å². The third-order valence-corrected chi connectivity index (χ3v) is 10.3. The minimum absolute atomic E-state index is 0.0801. The van der Waals surface area contributed by atoms with Gasteiger partial charge in [-0.15, -0.1) is 0 Å². The highest BCUT2D eigenvalue weighted by molar-refractivity contribution is 7.75. The number of hydrogen-bond donors (Lipinski definition) is 1. The third-order valence-electron chi connectivity index (χ3n) is 4.17. The fraction of sp³-hybridized carbons (Fsp3) is 0.929. The van der Waals surface area contributed by atoms with E-state index in [-0.39, 0.29) is 5.04 Å². The highest BCUT2D eigenvalue weighted by Gasteiger charge is 2.39. The van der Waals surface area contributed by atoms with Gasteiger partial charge >= 0.3 is 12.1 Å². The van der Waals surface area contributed by atoms with Crippen molar-refractivity contribution < 1.29 is 26.6 Å². The molecule has 0 aromatic heterocycles. The van der Waals surface area contributed by atoms with Gasteiger partial charge in [0.25, 0.3) is 0 Å². The highest BCUT2D eigenvalue weighted by atomic mass is 32.2. The number of halogens is 3. The van der Waals surface area contributed by atoms with Crippen LogP contribution in [-0.4, -0.2) is 36.5 Å². The van der Waals surface area contributed by atoms with Gasteiger partial charge in [0, 0.05) is 22.5 Å². The lowest BCUT2D eigenvalue weighted by Crippen LogP contribution is -2.41. The number of amides is 1. The summed E-state index contributed by atoms with van der Waals surface area (Å²) < 4.78 is 57.0. The smallest absolute Gasteiger partial charge is 0.417 e. The van der Waals surface area contributed by atoms with Crippen LogP contribution in [0.4, 0.5) is 13.2 Å².